The standard InChI is InChI=1S/C10H11Cl2NO/c1-2-3-10(14)13-9-5-4-7(11)6-8(9)12/h4-6H,2-3H2,1H3,(H,13,14). The Morgan fingerprint density at radius 3 is 2.71 bits per heavy atom. The molecule has 1 aromatic carbocycles. The summed E-state index contributed by atoms with van der Waals surface area (Å²) in [5.41, 5.74) is 0.606. The maximum absolute atomic E-state index is 11.2. The molecular formula is C10H11Cl2NO. The molecule has 0 aliphatic carbocycles. The highest BCUT2D eigenvalue weighted by Crippen LogP contribution is 2.25. The Morgan fingerprint density at radius 1 is 1.43 bits per heavy atom. The first-order valence-electron chi connectivity index (χ1n) is 4.38. The zero-order valence-electron chi connectivity index (χ0n) is 7.81. The molecule has 0 fully saturated rings. The van der Waals surface area contributed by atoms with Crippen LogP contribution < -0.4 is 5.32 Å². The summed E-state index contributed by atoms with van der Waals surface area (Å²) in [5, 5.41) is 3.73. The Balaban J connectivity index is 2.72. The Labute approximate surface area is 93.2 Å². The zero-order valence-corrected chi connectivity index (χ0v) is 9.32. The summed E-state index contributed by atoms with van der Waals surface area (Å²) in [5.74, 6) is -0.0308. The highest BCUT2D eigenvalue weighted by atomic mass is 35.5. The van der Waals surface area contributed by atoms with Crippen LogP contribution in [0.5, 0.6) is 0 Å². The molecule has 0 radical (unpaired) electrons. The van der Waals surface area contributed by atoms with Crippen molar-refractivity contribution in [3.05, 3.63) is 28.2 Å². The summed E-state index contributed by atoms with van der Waals surface area (Å²) in [7, 11) is 0. The van der Waals surface area contributed by atoms with Gasteiger partial charge in [0.15, 0.2) is 0 Å². The molecule has 14 heavy (non-hydrogen) atoms. The van der Waals surface area contributed by atoms with Crippen molar-refractivity contribution in [2.45, 2.75) is 19.8 Å². The van der Waals surface area contributed by atoms with Gasteiger partial charge in [0.05, 0.1) is 10.7 Å². The molecule has 4 heteroatoms. The summed E-state index contributed by atoms with van der Waals surface area (Å²) in [4.78, 5) is 11.2. The SMILES string of the molecule is CCCC(=O)Nc1ccc(Cl)cc1Cl. The number of rotatable bonds is 3. The van der Waals surface area contributed by atoms with Gasteiger partial charge in [0.2, 0.25) is 5.91 Å². The Morgan fingerprint density at radius 2 is 2.14 bits per heavy atom. The highest BCUT2D eigenvalue weighted by molar-refractivity contribution is 6.36. The number of benzene rings is 1. The average molecular weight is 232 g/mol. The summed E-state index contributed by atoms with van der Waals surface area (Å²) in [6.07, 6.45) is 1.32. The summed E-state index contributed by atoms with van der Waals surface area (Å²) >= 11 is 11.6. The van der Waals surface area contributed by atoms with E-state index in [4.69, 9.17) is 23.2 Å². The van der Waals surface area contributed by atoms with Gasteiger partial charge in [0.1, 0.15) is 0 Å². The molecule has 0 heterocycles. The van der Waals surface area contributed by atoms with E-state index in [1.165, 1.54) is 0 Å². The van der Waals surface area contributed by atoms with Crippen molar-refractivity contribution in [3.63, 3.8) is 0 Å². The molecule has 0 bridgehead atoms. The molecule has 76 valence electrons. The monoisotopic (exact) mass is 231 g/mol. The van der Waals surface area contributed by atoms with Gasteiger partial charge >= 0.3 is 0 Å². The maximum Gasteiger partial charge on any atom is 0.224 e. The zero-order chi connectivity index (χ0) is 10.6. The smallest absolute Gasteiger partial charge is 0.224 e. The largest absolute Gasteiger partial charge is 0.325 e. The van der Waals surface area contributed by atoms with E-state index in [0.29, 0.717) is 22.2 Å². The summed E-state index contributed by atoms with van der Waals surface area (Å²) < 4.78 is 0. The number of nitrogens with one attached hydrogen (secondary N) is 1. The van der Waals surface area contributed by atoms with E-state index in [-0.39, 0.29) is 5.91 Å². The second-order valence-electron chi connectivity index (χ2n) is 2.92. The lowest BCUT2D eigenvalue weighted by Crippen LogP contribution is -2.10. The van der Waals surface area contributed by atoms with Crippen molar-refractivity contribution >= 4 is 34.8 Å². The summed E-state index contributed by atoms with van der Waals surface area (Å²) in [6, 6.07) is 4.98. The number of amides is 1. The Hall–Kier alpha value is -0.730. The molecule has 1 amide bonds. The lowest BCUT2D eigenvalue weighted by molar-refractivity contribution is -0.116. The molecule has 0 atom stereocenters. The molecule has 1 rings (SSSR count). The first-order chi connectivity index (χ1) is 6.63. The average Bonchev–Trinajstić information content (AvgIpc) is 2.10. The molecule has 0 aliphatic heterocycles. The minimum Gasteiger partial charge on any atom is -0.325 e. The van der Waals surface area contributed by atoms with Gasteiger partial charge in [0, 0.05) is 11.4 Å². The van der Waals surface area contributed by atoms with Gasteiger partial charge in [-0.3, -0.25) is 4.79 Å². The van der Waals surface area contributed by atoms with Crippen LogP contribution in [0.15, 0.2) is 18.2 Å². The van der Waals surface area contributed by atoms with Crippen LogP contribution in [-0.4, -0.2) is 5.91 Å². The van der Waals surface area contributed by atoms with E-state index in [9.17, 15) is 4.79 Å². The van der Waals surface area contributed by atoms with Crippen LogP contribution in [0.4, 0.5) is 5.69 Å². The van der Waals surface area contributed by atoms with Gasteiger partial charge in [-0.1, -0.05) is 30.1 Å². The maximum atomic E-state index is 11.2. The molecule has 0 saturated heterocycles. The fraction of sp³-hybridized carbons (Fsp3) is 0.300. The van der Waals surface area contributed by atoms with Crippen molar-refractivity contribution in [1.82, 2.24) is 0 Å². The molecule has 0 aliphatic rings. The fourth-order valence-corrected chi connectivity index (χ4v) is 1.49. The molecule has 1 N–H and O–H groups in total. The minimum atomic E-state index is -0.0308. The lowest BCUT2D eigenvalue weighted by atomic mass is 10.3. The predicted molar refractivity (Wildman–Crippen MR) is 60.0 cm³/mol. The molecule has 1 aromatic rings. The van der Waals surface area contributed by atoms with Gasteiger partial charge in [-0.25, -0.2) is 0 Å². The fourth-order valence-electron chi connectivity index (χ4n) is 1.03. The van der Waals surface area contributed by atoms with E-state index in [1.807, 2.05) is 6.92 Å². The van der Waals surface area contributed by atoms with E-state index < -0.39 is 0 Å². The first kappa shape index (κ1) is 11.3. The van der Waals surface area contributed by atoms with Gasteiger partial charge in [0.25, 0.3) is 0 Å². The number of carbonyl (C=O) groups excluding carboxylic acids is 1. The third-order valence-electron chi connectivity index (χ3n) is 1.68. The van der Waals surface area contributed by atoms with Gasteiger partial charge in [-0.15, -0.1) is 0 Å². The van der Waals surface area contributed by atoms with Crippen molar-refractivity contribution in [1.29, 1.82) is 0 Å². The van der Waals surface area contributed by atoms with Crippen molar-refractivity contribution in [3.8, 4) is 0 Å². The molecule has 2 nitrogen and oxygen atoms in total. The topological polar surface area (TPSA) is 29.1 Å². The van der Waals surface area contributed by atoms with Gasteiger partial charge in [-0.05, 0) is 24.6 Å². The van der Waals surface area contributed by atoms with Crippen LogP contribution in [0.1, 0.15) is 19.8 Å². The second kappa shape index (κ2) is 5.23. The molecule has 0 aromatic heterocycles. The van der Waals surface area contributed by atoms with Crippen molar-refractivity contribution in [2.24, 2.45) is 0 Å². The third kappa shape index (κ3) is 3.20. The number of hydrogen-bond donors (Lipinski definition) is 1. The summed E-state index contributed by atoms with van der Waals surface area (Å²) in [6.45, 7) is 1.95. The highest BCUT2D eigenvalue weighted by Gasteiger charge is 2.04. The molecular weight excluding hydrogens is 221 g/mol. The van der Waals surface area contributed by atoms with Gasteiger partial charge < -0.3 is 5.32 Å². The van der Waals surface area contributed by atoms with Crippen LogP contribution in [0, 0.1) is 0 Å². The van der Waals surface area contributed by atoms with E-state index in [1.54, 1.807) is 18.2 Å². The number of hydrogen-bond acceptors (Lipinski definition) is 1. The van der Waals surface area contributed by atoms with Crippen molar-refractivity contribution < 1.29 is 4.79 Å². The quantitative estimate of drug-likeness (QED) is 0.845. The lowest BCUT2D eigenvalue weighted by Gasteiger charge is -2.06. The van der Waals surface area contributed by atoms with E-state index in [2.05, 4.69) is 5.32 Å². The first-order valence-corrected chi connectivity index (χ1v) is 5.14. The van der Waals surface area contributed by atoms with Gasteiger partial charge in [-0.2, -0.15) is 0 Å². The van der Waals surface area contributed by atoms with Crippen LogP contribution in [0.25, 0.3) is 0 Å². The van der Waals surface area contributed by atoms with E-state index in [0.717, 1.165) is 6.42 Å². The van der Waals surface area contributed by atoms with Crippen LogP contribution >= 0.6 is 23.2 Å². The van der Waals surface area contributed by atoms with Crippen LogP contribution in [0.3, 0.4) is 0 Å². The van der Waals surface area contributed by atoms with Crippen molar-refractivity contribution in [2.75, 3.05) is 5.32 Å². The normalized spacial score (nSPS) is 9.93. The van der Waals surface area contributed by atoms with E-state index >= 15 is 0 Å². The Bertz CT molecular complexity index is 339. The molecule has 0 spiro atoms. The van der Waals surface area contributed by atoms with Crippen LogP contribution in [0.2, 0.25) is 10.0 Å². The molecule has 0 saturated carbocycles. The number of carbonyl (C=O) groups is 1. The van der Waals surface area contributed by atoms with Crippen LogP contribution in [-0.2, 0) is 4.79 Å². The molecule has 0 unspecified atom stereocenters. The number of halogens is 2. The number of anilines is 1. The second-order valence-corrected chi connectivity index (χ2v) is 3.77. The predicted octanol–water partition coefficient (Wildman–Crippen LogP) is 3.73. The Kier molecular flexibility index (Phi) is 4.23. The third-order valence-corrected chi connectivity index (χ3v) is 2.23. The minimum absolute atomic E-state index is 0.0308.